The molecule has 0 unspecified atom stereocenters. The number of halogens is 2. The first-order valence-corrected chi connectivity index (χ1v) is 8.13. The van der Waals surface area contributed by atoms with Crippen molar-refractivity contribution in [1.29, 1.82) is 0 Å². The standard InChI is InChI=1S/C14H17BrIN3/c1-10(2)6-17-7-11-3-4-14(13(15)5-11)19-9-12(16)8-18-19/h3-5,8-10,17H,6-7H2,1-2H3. The molecule has 0 spiro atoms. The zero-order valence-corrected chi connectivity index (χ0v) is 14.8. The van der Waals surface area contributed by atoms with Crippen LogP contribution in [-0.4, -0.2) is 16.3 Å². The highest BCUT2D eigenvalue weighted by Gasteiger charge is 2.05. The summed E-state index contributed by atoms with van der Waals surface area (Å²) in [5.74, 6) is 0.675. The number of aromatic nitrogens is 2. The monoisotopic (exact) mass is 433 g/mol. The highest BCUT2D eigenvalue weighted by molar-refractivity contribution is 14.1. The number of nitrogens with zero attached hydrogens (tertiary/aromatic N) is 2. The summed E-state index contributed by atoms with van der Waals surface area (Å²) in [6, 6.07) is 6.39. The summed E-state index contributed by atoms with van der Waals surface area (Å²) in [6.07, 6.45) is 3.86. The van der Waals surface area contributed by atoms with Gasteiger partial charge in [0.15, 0.2) is 0 Å². The van der Waals surface area contributed by atoms with Crippen LogP contribution in [0.1, 0.15) is 19.4 Å². The zero-order valence-electron chi connectivity index (χ0n) is 11.0. The Balaban J connectivity index is 2.09. The number of benzene rings is 1. The topological polar surface area (TPSA) is 29.9 Å². The fourth-order valence-electron chi connectivity index (χ4n) is 1.78. The van der Waals surface area contributed by atoms with E-state index in [1.165, 1.54) is 5.56 Å². The van der Waals surface area contributed by atoms with Gasteiger partial charge in [-0.05, 0) is 68.7 Å². The van der Waals surface area contributed by atoms with Gasteiger partial charge in [-0.15, -0.1) is 0 Å². The third kappa shape index (κ3) is 4.29. The molecule has 0 atom stereocenters. The molecule has 102 valence electrons. The molecule has 2 aromatic rings. The minimum Gasteiger partial charge on any atom is -0.312 e. The molecule has 1 N–H and O–H groups in total. The summed E-state index contributed by atoms with van der Waals surface area (Å²) in [6.45, 7) is 6.36. The molecule has 19 heavy (non-hydrogen) atoms. The number of nitrogens with one attached hydrogen (secondary N) is 1. The fraction of sp³-hybridized carbons (Fsp3) is 0.357. The second-order valence-electron chi connectivity index (χ2n) is 4.91. The molecule has 0 bridgehead atoms. The normalized spacial score (nSPS) is 11.2. The minimum absolute atomic E-state index is 0.675. The second-order valence-corrected chi connectivity index (χ2v) is 7.01. The molecule has 0 amide bonds. The van der Waals surface area contributed by atoms with Crippen molar-refractivity contribution in [3.05, 3.63) is 44.2 Å². The molecule has 0 aliphatic carbocycles. The van der Waals surface area contributed by atoms with Crippen LogP contribution in [0.4, 0.5) is 0 Å². The van der Waals surface area contributed by atoms with Gasteiger partial charge in [0.1, 0.15) is 0 Å². The summed E-state index contributed by atoms with van der Waals surface area (Å²) < 4.78 is 4.08. The Kier molecular flexibility index (Phi) is 5.41. The third-order valence-corrected chi connectivity index (χ3v) is 3.88. The van der Waals surface area contributed by atoms with E-state index < -0.39 is 0 Å². The van der Waals surface area contributed by atoms with E-state index in [1.54, 1.807) is 0 Å². The molecule has 1 aromatic heterocycles. The first-order chi connectivity index (χ1) is 9.06. The molecule has 0 aliphatic rings. The maximum absolute atomic E-state index is 4.33. The Labute approximate surface area is 136 Å². The molecule has 1 aromatic carbocycles. The van der Waals surface area contributed by atoms with Crippen molar-refractivity contribution in [2.24, 2.45) is 5.92 Å². The summed E-state index contributed by atoms with van der Waals surface area (Å²) in [7, 11) is 0. The van der Waals surface area contributed by atoms with Gasteiger partial charge in [0, 0.05) is 17.2 Å². The maximum atomic E-state index is 4.33. The van der Waals surface area contributed by atoms with Gasteiger partial charge in [-0.3, -0.25) is 0 Å². The molecule has 0 fully saturated rings. The van der Waals surface area contributed by atoms with Crippen molar-refractivity contribution in [2.75, 3.05) is 6.54 Å². The highest BCUT2D eigenvalue weighted by atomic mass is 127. The van der Waals surface area contributed by atoms with Gasteiger partial charge >= 0.3 is 0 Å². The zero-order chi connectivity index (χ0) is 13.8. The van der Waals surface area contributed by atoms with E-state index in [-0.39, 0.29) is 0 Å². The Morgan fingerprint density at radius 3 is 2.79 bits per heavy atom. The average molecular weight is 434 g/mol. The van der Waals surface area contributed by atoms with Crippen LogP contribution in [0.3, 0.4) is 0 Å². The van der Waals surface area contributed by atoms with Gasteiger partial charge in [0.25, 0.3) is 0 Å². The highest BCUT2D eigenvalue weighted by Crippen LogP contribution is 2.22. The van der Waals surface area contributed by atoms with Gasteiger partial charge < -0.3 is 5.32 Å². The molecule has 0 saturated carbocycles. The fourth-order valence-corrected chi connectivity index (χ4v) is 2.78. The minimum atomic E-state index is 0.675. The van der Waals surface area contributed by atoms with Gasteiger partial charge in [-0.1, -0.05) is 19.9 Å². The van der Waals surface area contributed by atoms with Gasteiger partial charge in [0.2, 0.25) is 0 Å². The van der Waals surface area contributed by atoms with Gasteiger partial charge in [-0.25, -0.2) is 4.68 Å². The van der Waals surface area contributed by atoms with Crippen molar-refractivity contribution in [1.82, 2.24) is 15.1 Å². The van der Waals surface area contributed by atoms with Crippen LogP contribution in [0, 0.1) is 9.49 Å². The van der Waals surface area contributed by atoms with Crippen LogP contribution in [0.2, 0.25) is 0 Å². The third-order valence-electron chi connectivity index (χ3n) is 2.69. The van der Waals surface area contributed by atoms with Crippen LogP contribution in [-0.2, 0) is 6.54 Å². The summed E-state index contributed by atoms with van der Waals surface area (Å²) in [4.78, 5) is 0. The molecule has 1 heterocycles. The lowest BCUT2D eigenvalue weighted by Gasteiger charge is -2.10. The van der Waals surface area contributed by atoms with Crippen molar-refractivity contribution in [3.8, 4) is 5.69 Å². The first kappa shape index (κ1) is 15.0. The predicted molar refractivity (Wildman–Crippen MR) is 90.5 cm³/mol. The molecular weight excluding hydrogens is 417 g/mol. The van der Waals surface area contributed by atoms with Crippen molar-refractivity contribution in [3.63, 3.8) is 0 Å². The lowest BCUT2D eigenvalue weighted by Crippen LogP contribution is -2.18. The summed E-state index contributed by atoms with van der Waals surface area (Å²) >= 11 is 5.88. The second kappa shape index (κ2) is 6.85. The van der Waals surface area contributed by atoms with E-state index in [1.807, 2.05) is 17.1 Å². The lowest BCUT2D eigenvalue weighted by molar-refractivity contribution is 0.552. The molecule has 0 aliphatic heterocycles. The molecular formula is C14H17BrIN3. The summed E-state index contributed by atoms with van der Waals surface area (Å²) in [5, 5.41) is 7.77. The molecule has 0 radical (unpaired) electrons. The van der Waals surface area contributed by atoms with Crippen LogP contribution in [0.15, 0.2) is 35.1 Å². The van der Waals surface area contributed by atoms with Crippen molar-refractivity contribution >= 4 is 38.5 Å². The van der Waals surface area contributed by atoms with E-state index in [4.69, 9.17) is 0 Å². The number of hydrogen-bond acceptors (Lipinski definition) is 2. The lowest BCUT2D eigenvalue weighted by atomic mass is 10.2. The van der Waals surface area contributed by atoms with Crippen LogP contribution in [0.5, 0.6) is 0 Å². The largest absolute Gasteiger partial charge is 0.312 e. The van der Waals surface area contributed by atoms with E-state index in [9.17, 15) is 0 Å². The van der Waals surface area contributed by atoms with Crippen molar-refractivity contribution in [2.45, 2.75) is 20.4 Å². The van der Waals surface area contributed by atoms with Crippen LogP contribution < -0.4 is 5.32 Å². The Bertz CT molecular complexity index is 551. The Morgan fingerprint density at radius 2 is 2.21 bits per heavy atom. The number of hydrogen-bond donors (Lipinski definition) is 1. The van der Waals surface area contributed by atoms with E-state index in [2.05, 4.69) is 81.0 Å². The van der Waals surface area contributed by atoms with Crippen LogP contribution in [0.25, 0.3) is 5.69 Å². The Hall–Kier alpha value is -0.400. The van der Waals surface area contributed by atoms with Crippen LogP contribution >= 0.6 is 38.5 Å². The SMILES string of the molecule is CC(C)CNCc1ccc(-n2cc(I)cn2)c(Br)c1. The maximum Gasteiger partial charge on any atom is 0.0788 e. The first-order valence-electron chi connectivity index (χ1n) is 6.26. The Morgan fingerprint density at radius 1 is 1.42 bits per heavy atom. The van der Waals surface area contributed by atoms with Gasteiger partial charge in [0.05, 0.1) is 15.5 Å². The van der Waals surface area contributed by atoms with E-state index >= 15 is 0 Å². The predicted octanol–water partition coefficient (Wildman–Crippen LogP) is 3.99. The van der Waals surface area contributed by atoms with Gasteiger partial charge in [-0.2, -0.15) is 5.10 Å². The number of rotatable bonds is 5. The molecule has 2 rings (SSSR count). The summed E-state index contributed by atoms with van der Waals surface area (Å²) in [5.41, 5.74) is 2.34. The molecule has 3 nitrogen and oxygen atoms in total. The molecule has 5 heteroatoms. The van der Waals surface area contributed by atoms with E-state index in [0.29, 0.717) is 5.92 Å². The average Bonchev–Trinajstić information content (AvgIpc) is 2.75. The molecule has 0 saturated heterocycles. The smallest absolute Gasteiger partial charge is 0.0788 e. The quantitative estimate of drug-likeness (QED) is 0.722. The van der Waals surface area contributed by atoms with Crippen molar-refractivity contribution < 1.29 is 0 Å². The van der Waals surface area contributed by atoms with E-state index in [0.717, 1.165) is 26.8 Å².